The second-order valence-corrected chi connectivity index (χ2v) is 4.20. The number of aliphatic imine (C=N–C) groups is 1. The highest BCUT2D eigenvalue weighted by Crippen LogP contribution is 2.38. The van der Waals surface area contributed by atoms with Crippen molar-refractivity contribution in [2.75, 3.05) is 0 Å². The van der Waals surface area contributed by atoms with E-state index in [1.54, 1.807) is 12.1 Å². The van der Waals surface area contributed by atoms with Gasteiger partial charge in [0.25, 0.3) is 0 Å². The Bertz CT molecular complexity index is 473. The number of aromatic carboxylic acids is 1. The molecule has 0 bridgehead atoms. The normalized spacial score (nSPS) is 18.5. The number of carboxylic acid groups (broad SMARTS) is 1. The van der Waals surface area contributed by atoms with Crippen molar-refractivity contribution < 1.29 is 9.90 Å². The van der Waals surface area contributed by atoms with Gasteiger partial charge in [0, 0.05) is 12.1 Å². The lowest BCUT2D eigenvalue weighted by molar-refractivity contribution is 0.0697. The lowest BCUT2D eigenvalue weighted by Gasteiger charge is -1.98. The van der Waals surface area contributed by atoms with Crippen LogP contribution < -0.4 is 0 Å². The molecule has 1 fully saturated rings. The first-order valence-electron chi connectivity index (χ1n) is 5.18. The molecule has 1 N–H and O–H groups in total. The van der Waals surface area contributed by atoms with Crippen LogP contribution >= 0.6 is 0 Å². The highest BCUT2D eigenvalue weighted by molar-refractivity contribution is 5.98. The van der Waals surface area contributed by atoms with Gasteiger partial charge in [-0.05, 0) is 36.5 Å². The average molecular weight is 201 g/mol. The van der Waals surface area contributed by atoms with E-state index in [1.807, 2.05) is 6.07 Å². The maximum Gasteiger partial charge on any atom is 0.335 e. The fraction of sp³-hybridized carbons (Fsp3) is 0.333. The Labute approximate surface area is 87.5 Å². The third kappa shape index (κ3) is 1.44. The van der Waals surface area contributed by atoms with Crippen molar-refractivity contribution in [3.8, 4) is 0 Å². The van der Waals surface area contributed by atoms with Gasteiger partial charge in [0.15, 0.2) is 0 Å². The molecule has 0 amide bonds. The molecule has 3 heteroatoms. The second kappa shape index (κ2) is 2.92. The van der Waals surface area contributed by atoms with E-state index in [0.29, 0.717) is 11.5 Å². The summed E-state index contributed by atoms with van der Waals surface area (Å²) in [6.45, 7) is 0. The van der Waals surface area contributed by atoms with Crippen LogP contribution in [0.3, 0.4) is 0 Å². The van der Waals surface area contributed by atoms with Gasteiger partial charge in [-0.25, -0.2) is 4.79 Å². The fourth-order valence-electron chi connectivity index (χ4n) is 1.99. The molecule has 0 radical (unpaired) electrons. The van der Waals surface area contributed by atoms with E-state index in [1.165, 1.54) is 24.1 Å². The van der Waals surface area contributed by atoms with Crippen LogP contribution in [0.1, 0.15) is 28.8 Å². The van der Waals surface area contributed by atoms with Crippen molar-refractivity contribution in [3.63, 3.8) is 0 Å². The third-order valence-electron chi connectivity index (χ3n) is 3.02. The van der Waals surface area contributed by atoms with E-state index in [9.17, 15) is 4.79 Å². The van der Waals surface area contributed by atoms with Crippen molar-refractivity contribution in [2.45, 2.75) is 19.3 Å². The number of hydrogen-bond acceptors (Lipinski definition) is 2. The van der Waals surface area contributed by atoms with E-state index in [4.69, 9.17) is 5.11 Å². The molecule has 0 spiro atoms. The van der Waals surface area contributed by atoms with Crippen LogP contribution in [0, 0.1) is 5.92 Å². The number of nitrogens with zero attached hydrogens (tertiary/aromatic N) is 1. The van der Waals surface area contributed by atoms with Crippen LogP contribution in [-0.4, -0.2) is 16.8 Å². The van der Waals surface area contributed by atoms with Gasteiger partial charge in [-0.3, -0.25) is 4.99 Å². The summed E-state index contributed by atoms with van der Waals surface area (Å²) in [5.41, 5.74) is 3.60. The van der Waals surface area contributed by atoms with Gasteiger partial charge in [-0.1, -0.05) is 6.07 Å². The third-order valence-corrected chi connectivity index (χ3v) is 3.02. The van der Waals surface area contributed by atoms with Crippen LogP contribution in [0.25, 0.3) is 0 Å². The minimum absolute atomic E-state index is 0.328. The largest absolute Gasteiger partial charge is 0.478 e. The summed E-state index contributed by atoms with van der Waals surface area (Å²) >= 11 is 0. The number of carbonyl (C=O) groups is 1. The van der Waals surface area contributed by atoms with E-state index < -0.39 is 5.97 Å². The smallest absolute Gasteiger partial charge is 0.335 e. The van der Waals surface area contributed by atoms with Gasteiger partial charge < -0.3 is 5.11 Å². The summed E-state index contributed by atoms with van der Waals surface area (Å²) in [5, 5.41) is 8.86. The molecule has 0 aromatic heterocycles. The zero-order valence-corrected chi connectivity index (χ0v) is 8.23. The van der Waals surface area contributed by atoms with Gasteiger partial charge in [0.2, 0.25) is 0 Å². The van der Waals surface area contributed by atoms with Crippen LogP contribution in [-0.2, 0) is 6.42 Å². The first-order valence-corrected chi connectivity index (χ1v) is 5.18. The van der Waals surface area contributed by atoms with Crippen LogP contribution in [0.4, 0.5) is 5.69 Å². The molecule has 1 aromatic rings. The summed E-state index contributed by atoms with van der Waals surface area (Å²) in [6, 6.07) is 5.22. The van der Waals surface area contributed by atoms with Gasteiger partial charge in [0.05, 0.1) is 11.3 Å². The van der Waals surface area contributed by atoms with E-state index >= 15 is 0 Å². The summed E-state index contributed by atoms with van der Waals surface area (Å²) in [7, 11) is 0. The van der Waals surface area contributed by atoms with Crippen LogP contribution in [0.5, 0.6) is 0 Å². The zero-order valence-electron chi connectivity index (χ0n) is 8.23. The van der Waals surface area contributed by atoms with Crippen LogP contribution in [0.15, 0.2) is 23.2 Å². The maximum absolute atomic E-state index is 10.8. The molecule has 2 aliphatic rings. The summed E-state index contributed by atoms with van der Waals surface area (Å²) in [4.78, 5) is 15.3. The molecule has 1 heterocycles. The van der Waals surface area contributed by atoms with Crippen molar-refractivity contribution in [2.24, 2.45) is 10.9 Å². The molecule has 3 nitrogen and oxygen atoms in total. The van der Waals surface area contributed by atoms with Gasteiger partial charge >= 0.3 is 5.97 Å². The van der Waals surface area contributed by atoms with Crippen molar-refractivity contribution in [1.82, 2.24) is 0 Å². The number of benzene rings is 1. The van der Waals surface area contributed by atoms with E-state index in [2.05, 4.69) is 4.99 Å². The molecule has 1 aromatic carbocycles. The Hall–Kier alpha value is -1.64. The second-order valence-electron chi connectivity index (χ2n) is 4.20. The van der Waals surface area contributed by atoms with E-state index in [0.717, 1.165) is 12.1 Å². The Morgan fingerprint density at radius 3 is 2.87 bits per heavy atom. The zero-order chi connectivity index (χ0) is 10.4. The average Bonchev–Trinajstić information content (AvgIpc) is 2.97. The topological polar surface area (TPSA) is 49.7 Å². The van der Waals surface area contributed by atoms with Crippen LogP contribution in [0.2, 0.25) is 0 Å². The van der Waals surface area contributed by atoms with Gasteiger partial charge in [-0.2, -0.15) is 0 Å². The Morgan fingerprint density at radius 1 is 1.40 bits per heavy atom. The highest BCUT2D eigenvalue weighted by atomic mass is 16.4. The molecule has 0 unspecified atom stereocenters. The maximum atomic E-state index is 10.8. The molecular weight excluding hydrogens is 190 g/mol. The molecule has 76 valence electrons. The summed E-state index contributed by atoms with van der Waals surface area (Å²) in [5.74, 6) is -0.210. The molecular formula is C12H11NO2. The highest BCUT2D eigenvalue weighted by Gasteiger charge is 2.30. The Kier molecular flexibility index (Phi) is 1.69. The predicted molar refractivity (Wildman–Crippen MR) is 56.9 cm³/mol. The molecule has 1 aliphatic heterocycles. The minimum atomic E-state index is -0.882. The molecule has 0 saturated heterocycles. The first-order chi connectivity index (χ1) is 7.24. The van der Waals surface area contributed by atoms with Crippen molar-refractivity contribution in [3.05, 3.63) is 29.3 Å². The lowest BCUT2D eigenvalue weighted by atomic mass is 10.1. The Morgan fingerprint density at radius 2 is 2.20 bits per heavy atom. The quantitative estimate of drug-likeness (QED) is 0.798. The molecule has 0 atom stereocenters. The first kappa shape index (κ1) is 8.65. The molecule has 3 rings (SSSR count). The monoisotopic (exact) mass is 201 g/mol. The predicted octanol–water partition coefficient (Wildman–Crippen LogP) is 2.42. The summed E-state index contributed by atoms with van der Waals surface area (Å²) in [6.07, 6.45) is 3.41. The fourth-order valence-corrected chi connectivity index (χ4v) is 1.99. The number of hydrogen-bond donors (Lipinski definition) is 1. The van der Waals surface area contributed by atoms with Crippen molar-refractivity contribution in [1.29, 1.82) is 0 Å². The van der Waals surface area contributed by atoms with Crippen molar-refractivity contribution >= 4 is 17.4 Å². The molecule has 1 saturated carbocycles. The van der Waals surface area contributed by atoms with E-state index in [-0.39, 0.29) is 0 Å². The SMILES string of the molecule is O=C(O)c1ccc2c(c1)N=C(C1CC1)C2. The number of rotatable bonds is 2. The van der Waals surface area contributed by atoms with Gasteiger partial charge in [-0.15, -0.1) is 0 Å². The Balaban J connectivity index is 1.98. The van der Waals surface area contributed by atoms with Gasteiger partial charge in [0.1, 0.15) is 0 Å². The molecule has 1 aliphatic carbocycles. The minimum Gasteiger partial charge on any atom is -0.478 e. The lowest BCUT2D eigenvalue weighted by Crippen LogP contribution is -1.99. The molecule has 15 heavy (non-hydrogen) atoms. The summed E-state index contributed by atoms with van der Waals surface area (Å²) < 4.78 is 0. The standard InChI is InChI=1S/C12H11NO2/c14-12(15)9-4-3-8-5-10(7-1-2-7)13-11(8)6-9/h3-4,6-7H,1-2,5H2,(H,14,15). The number of carboxylic acids is 1. The number of fused-ring (bicyclic) bond motifs is 1.